The summed E-state index contributed by atoms with van der Waals surface area (Å²) in [6, 6.07) is 18.6. The second-order valence-electron chi connectivity index (χ2n) is 9.12. The first kappa shape index (κ1) is 26.8. The molecule has 7 nitrogen and oxygen atoms in total. The Kier molecular flexibility index (Phi) is 8.36. The Labute approximate surface area is 223 Å². The van der Waals surface area contributed by atoms with Crippen LogP contribution in [0, 0.1) is 6.92 Å². The smallest absolute Gasteiger partial charge is 0.300 e. The van der Waals surface area contributed by atoms with Crippen LogP contribution in [0.25, 0.3) is 5.76 Å². The van der Waals surface area contributed by atoms with Gasteiger partial charge in [-0.25, -0.2) is 0 Å². The quantitative estimate of drug-likeness (QED) is 0.196. The minimum Gasteiger partial charge on any atom is -0.507 e. The van der Waals surface area contributed by atoms with Crippen LogP contribution in [0.5, 0.6) is 17.2 Å². The van der Waals surface area contributed by atoms with Gasteiger partial charge in [0.15, 0.2) is 0 Å². The van der Waals surface area contributed by atoms with Gasteiger partial charge in [0, 0.05) is 11.3 Å². The molecule has 3 aromatic carbocycles. The van der Waals surface area contributed by atoms with Crippen LogP contribution in [-0.4, -0.2) is 37.1 Å². The summed E-state index contributed by atoms with van der Waals surface area (Å²) in [7, 11) is 1.56. The van der Waals surface area contributed by atoms with E-state index < -0.39 is 17.7 Å². The van der Waals surface area contributed by atoms with Crippen molar-refractivity contribution in [3.8, 4) is 17.2 Å². The summed E-state index contributed by atoms with van der Waals surface area (Å²) in [4.78, 5) is 28.3. The number of aliphatic hydroxyl groups excluding tert-OH is 1. The number of carbonyl (C=O) groups excluding carboxylic acids is 2. The van der Waals surface area contributed by atoms with Crippen molar-refractivity contribution < 1.29 is 28.9 Å². The van der Waals surface area contributed by atoms with Gasteiger partial charge in [-0.1, -0.05) is 26.0 Å². The molecule has 1 amide bonds. The van der Waals surface area contributed by atoms with Gasteiger partial charge < -0.3 is 19.3 Å². The molecule has 198 valence electrons. The molecule has 0 radical (unpaired) electrons. The molecule has 1 heterocycles. The fourth-order valence-electron chi connectivity index (χ4n) is 4.48. The highest BCUT2D eigenvalue weighted by molar-refractivity contribution is 6.51. The lowest BCUT2D eigenvalue weighted by atomic mass is 9.94. The zero-order valence-corrected chi connectivity index (χ0v) is 22.2. The summed E-state index contributed by atoms with van der Waals surface area (Å²) in [6.07, 6.45) is 1.71. The van der Waals surface area contributed by atoms with Crippen molar-refractivity contribution in [3.05, 3.63) is 89.0 Å². The van der Waals surface area contributed by atoms with Crippen LogP contribution in [0.3, 0.4) is 0 Å². The van der Waals surface area contributed by atoms with Crippen molar-refractivity contribution in [3.63, 3.8) is 0 Å². The number of ether oxygens (including phenoxy) is 3. The first-order chi connectivity index (χ1) is 18.4. The number of anilines is 1. The molecular formula is C31H33NO6. The zero-order valence-electron chi connectivity index (χ0n) is 22.2. The molecule has 7 heteroatoms. The van der Waals surface area contributed by atoms with Crippen LogP contribution in [0.1, 0.15) is 49.4 Å². The van der Waals surface area contributed by atoms with Crippen LogP contribution in [0.15, 0.2) is 72.3 Å². The van der Waals surface area contributed by atoms with Gasteiger partial charge in [-0.05, 0) is 85.5 Å². The number of rotatable bonds is 10. The minimum atomic E-state index is -0.857. The third kappa shape index (κ3) is 5.37. The highest BCUT2D eigenvalue weighted by Crippen LogP contribution is 2.43. The molecule has 1 atom stereocenters. The number of methoxy groups -OCH3 is 1. The van der Waals surface area contributed by atoms with E-state index in [0.717, 1.165) is 18.4 Å². The van der Waals surface area contributed by atoms with Gasteiger partial charge in [0.05, 0.1) is 31.9 Å². The number of ketones is 1. The van der Waals surface area contributed by atoms with Crippen molar-refractivity contribution in [2.24, 2.45) is 0 Å². The van der Waals surface area contributed by atoms with Crippen LogP contribution in [-0.2, 0) is 9.59 Å². The number of amides is 1. The second kappa shape index (κ2) is 11.9. The van der Waals surface area contributed by atoms with Gasteiger partial charge in [-0.2, -0.15) is 0 Å². The van der Waals surface area contributed by atoms with Crippen molar-refractivity contribution >= 4 is 23.1 Å². The van der Waals surface area contributed by atoms with E-state index in [1.54, 1.807) is 49.6 Å². The zero-order chi connectivity index (χ0) is 27.2. The minimum absolute atomic E-state index is 0.0140. The number of Topliss-reactive ketones (excluding diaryl/α,β-unsaturated/α-hetero) is 1. The first-order valence-electron chi connectivity index (χ1n) is 12.8. The number of benzene rings is 3. The predicted molar refractivity (Wildman–Crippen MR) is 147 cm³/mol. The van der Waals surface area contributed by atoms with Crippen LogP contribution >= 0.6 is 0 Å². The standard InChI is InChI=1S/C31H33NO6/c1-5-16-37-25-9-7-8-21(19-25)28-27(29(33)22-10-15-26(20(3)18-22)38-17-6-2)30(34)31(35)32(28)23-11-13-24(36-4)14-12-23/h7-15,18-19,28,33H,5-6,16-17H2,1-4H3/b29-27+. The molecular weight excluding hydrogens is 482 g/mol. The molecule has 0 aromatic heterocycles. The molecule has 1 saturated heterocycles. The number of hydrogen-bond donors (Lipinski definition) is 1. The second-order valence-corrected chi connectivity index (χ2v) is 9.12. The molecule has 0 aliphatic carbocycles. The maximum atomic E-state index is 13.5. The maximum Gasteiger partial charge on any atom is 0.300 e. The topological polar surface area (TPSA) is 85.3 Å². The van der Waals surface area contributed by atoms with Gasteiger partial charge >= 0.3 is 0 Å². The highest BCUT2D eigenvalue weighted by atomic mass is 16.5. The normalized spacial score (nSPS) is 16.5. The molecule has 1 aliphatic heterocycles. The van der Waals surface area contributed by atoms with Gasteiger partial charge in [0.1, 0.15) is 23.0 Å². The highest BCUT2D eigenvalue weighted by Gasteiger charge is 2.47. The first-order valence-corrected chi connectivity index (χ1v) is 12.8. The van der Waals surface area contributed by atoms with Gasteiger partial charge in [-0.15, -0.1) is 0 Å². The molecule has 1 aliphatic rings. The summed E-state index contributed by atoms with van der Waals surface area (Å²) in [5, 5.41) is 11.5. The van der Waals surface area contributed by atoms with Gasteiger partial charge in [0.2, 0.25) is 0 Å². The third-order valence-corrected chi connectivity index (χ3v) is 6.35. The predicted octanol–water partition coefficient (Wildman–Crippen LogP) is 6.21. The average molecular weight is 516 g/mol. The van der Waals surface area contributed by atoms with Crippen molar-refractivity contribution in [1.29, 1.82) is 0 Å². The lowest BCUT2D eigenvalue weighted by Crippen LogP contribution is -2.29. The number of nitrogens with zero attached hydrogens (tertiary/aromatic N) is 1. The van der Waals surface area contributed by atoms with E-state index in [9.17, 15) is 14.7 Å². The Morgan fingerprint density at radius 1 is 0.895 bits per heavy atom. The molecule has 4 rings (SSSR count). The summed E-state index contributed by atoms with van der Waals surface area (Å²) in [5.41, 5.74) is 2.42. The monoisotopic (exact) mass is 515 g/mol. The average Bonchev–Trinajstić information content (AvgIpc) is 3.21. The van der Waals surface area contributed by atoms with E-state index in [0.29, 0.717) is 47.3 Å². The number of carbonyl (C=O) groups is 2. The van der Waals surface area contributed by atoms with E-state index in [4.69, 9.17) is 14.2 Å². The molecule has 38 heavy (non-hydrogen) atoms. The summed E-state index contributed by atoms with van der Waals surface area (Å²) in [5.74, 6) is 0.234. The molecule has 0 saturated carbocycles. The van der Waals surface area contributed by atoms with Crippen LogP contribution in [0.4, 0.5) is 5.69 Å². The lowest BCUT2D eigenvalue weighted by Gasteiger charge is -2.26. The molecule has 1 fully saturated rings. The summed E-state index contributed by atoms with van der Waals surface area (Å²) >= 11 is 0. The third-order valence-electron chi connectivity index (χ3n) is 6.35. The summed E-state index contributed by atoms with van der Waals surface area (Å²) < 4.78 is 16.8. The molecule has 0 spiro atoms. The number of aryl methyl sites for hydroxylation is 1. The fraction of sp³-hybridized carbons (Fsp3) is 0.290. The molecule has 1 N–H and O–H groups in total. The Morgan fingerprint density at radius 3 is 2.26 bits per heavy atom. The Bertz CT molecular complexity index is 1340. The van der Waals surface area contributed by atoms with Crippen molar-refractivity contribution in [2.45, 2.75) is 39.7 Å². The van der Waals surface area contributed by atoms with Crippen LogP contribution < -0.4 is 19.1 Å². The molecule has 0 bridgehead atoms. The van der Waals surface area contributed by atoms with E-state index in [-0.39, 0.29) is 11.3 Å². The van der Waals surface area contributed by atoms with E-state index in [1.807, 2.05) is 45.0 Å². The Balaban J connectivity index is 1.86. The lowest BCUT2D eigenvalue weighted by molar-refractivity contribution is -0.132. The van der Waals surface area contributed by atoms with Crippen LogP contribution in [0.2, 0.25) is 0 Å². The maximum absolute atomic E-state index is 13.5. The largest absolute Gasteiger partial charge is 0.507 e. The van der Waals surface area contributed by atoms with E-state index >= 15 is 0 Å². The Morgan fingerprint density at radius 2 is 1.61 bits per heavy atom. The molecule has 3 aromatic rings. The number of hydrogen-bond acceptors (Lipinski definition) is 6. The van der Waals surface area contributed by atoms with E-state index in [1.165, 1.54) is 4.90 Å². The van der Waals surface area contributed by atoms with E-state index in [2.05, 4.69) is 0 Å². The van der Waals surface area contributed by atoms with Crippen molar-refractivity contribution in [1.82, 2.24) is 0 Å². The van der Waals surface area contributed by atoms with Crippen molar-refractivity contribution in [2.75, 3.05) is 25.2 Å². The fourth-order valence-corrected chi connectivity index (χ4v) is 4.48. The summed E-state index contributed by atoms with van der Waals surface area (Å²) in [6.45, 7) is 7.04. The molecule has 1 unspecified atom stereocenters. The number of aliphatic hydroxyl groups is 1. The SMILES string of the molecule is CCCOc1cccc(C2/C(=C(\O)c3ccc(OCCC)c(C)c3)C(=O)C(=O)N2c2ccc(OC)cc2)c1. The Hall–Kier alpha value is -4.26. The van der Waals surface area contributed by atoms with Gasteiger partial charge in [-0.3, -0.25) is 14.5 Å². The van der Waals surface area contributed by atoms with Gasteiger partial charge in [0.25, 0.3) is 11.7 Å².